The van der Waals surface area contributed by atoms with Crippen LogP contribution in [0.3, 0.4) is 0 Å². The zero-order valence-corrected chi connectivity index (χ0v) is 10.3. The largest absolute Gasteiger partial charge is 0.426 e. The van der Waals surface area contributed by atoms with E-state index in [9.17, 15) is 9.59 Å². The highest BCUT2D eigenvalue weighted by molar-refractivity contribution is 5.89. The summed E-state index contributed by atoms with van der Waals surface area (Å²) in [6.45, 7) is 9.02. The van der Waals surface area contributed by atoms with E-state index in [1.807, 2.05) is 20.8 Å². The van der Waals surface area contributed by atoms with Gasteiger partial charge in [-0.2, -0.15) is 0 Å². The van der Waals surface area contributed by atoms with Crippen LogP contribution in [0, 0.1) is 6.92 Å². The van der Waals surface area contributed by atoms with Gasteiger partial charge in [0.15, 0.2) is 0 Å². The number of hydrogen-bond acceptors (Lipinski definition) is 3. The fraction of sp³-hybridized carbons (Fsp3) is 0.500. The highest BCUT2D eigenvalue weighted by Gasteiger charge is 2.20. The van der Waals surface area contributed by atoms with Gasteiger partial charge in [0.2, 0.25) is 5.91 Å². The molecule has 0 atom stereocenters. The summed E-state index contributed by atoms with van der Waals surface area (Å²) in [5.41, 5.74) is 0.218. The lowest BCUT2D eigenvalue weighted by atomic mass is 9.92. The molecule has 1 amide bonds. The number of aryl methyl sites for hydroxylation is 1. The fourth-order valence-corrected chi connectivity index (χ4v) is 1.31. The molecule has 0 saturated heterocycles. The molecule has 0 saturated carbocycles. The molecule has 0 bridgehead atoms. The predicted octanol–water partition coefficient (Wildman–Crippen LogP) is 2.20. The van der Waals surface area contributed by atoms with Crippen molar-refractivity contribution in [2.24, 2.45) is 0 Å². The van der Waals surface area contributed by atoms with Gasteiger partial charge in [0.1, 0.15) is 11.4 Å². The molecule has 0 unspecified atom stereocenters. The van der Waals surface area contributed by atoms with Crippen LogP contribution in [0.15, 0.2) is 15.3 Å². The van der Waals surface area contributed by atoms with Gasteiger partial charge in [0, 0.05) is 12.3 Å². The molecule has 1 aromatic heterocycles. The summed E-state index contributed by atoms with van der Waals surface area (Å²) in [6.07, 6.45) is 0. The van der Waals surface area contributed by atoms with Crippen molar-refractivity contribution in [1.29, 1.82) is 0 Å². The first-order valence-electron chi connectivity index (χ1n) is 5.14. The molecular weight excluding hydrogens is 206 g/mol. The van der Waals surface area contributed by atoms with Crippen molar-refractivity contribution in [1.82, 2.24) is 0 Å². The third-order valence-electron chi connectivity index (χ3n) is 2.19. The lowest BCUT2D eigenvalue weighted by Gasteiger charge is -2.17. The smallest absolute Gasteiger partial charge is 0.360 e. The maximum absolute atomic E-state index is 11.7. The Morgan fingerprint density at radius 3 is 2.31 bits per heavy atom. The number of amides is 1. The van der Waals surface area contributed by atoms with E-state index in [0.717, 1.165) is 5.56 Å². The Hall–Kier alpha value is -1.58. The quantitative estimate of drug-likeness (QED) is 0.794. The molecule has 0 aliphatic heterocycles. The van der Waals surface area contributed by atoms with Crippen molar-refractivity contribution in [3.8, 4) is 0 Å². The molecule has 0 aliphatic rings. The van der Waals surface area contributed by atoms with Gasteiger partial charge in [-0.05, 0) is 18.6 Å². The molecular formula is C12H17NO3. The zero-order chi connectivity index (χ0) is 12.5. The van der Waals surface area contributed by atoms with Crippen LogP contribution in [-0.2, 0) is 10.2 Å². The van der Waals surface area contributed by atoms with Gasteiger partial charge in [-0.15, -0.1) is 0 Å². The van der Waals surface area contributed by atoms with Crippen LogP contribution in [0.1, 0.15) is 39.0 Å². The highest BCUT2D eigenvalue weighted by Crippen LogP contribution is 2.23. The molecule has 1 heterocycles. The Kier molecular flexibility index (Phi) is 3.21. The van der Waals surface area contributed by atoms with Gasteiger partial charge in [0.25, 0.3) is 0 Å². The molecule has 4 nitrogen and oxygen atoms in total. The first kappa shape index (κ1) is 12.5. The van der Waals surface area contributed by atoms with Crippen LogP contribution >= 0.6 is 0 Å². The fourth-order valence-electron chi connectivity index (χ4n) is 1.31. The Balaban J connectivity index is 3.29. The molecule has 88 valence electrons. The van der Waals surface area contributed by atoms with Crippen LogP contribution in [0.4, 0.5) is 5.69 Å². The summed E-state index contributed by atoms with van der Waals surface area (Å²) in [4.78, 5) is 22.6. The Morgan fingerprint density at radius 2 is 1.94 bits per heavy atom. The van der Waals surface area contributed by atoms with E-state index in [1.165, 1.54) is 6.92 Å². The van der Waals surface area contributed by atoms with Crippen LogP contribution < -0.4 is 10.9 Å². The van der Waals surface area contributed by atoms with Crippen molar-refractivity contribution in [2.45, 2.75) is 40.0 Å². The van der Waals surface area contributed by atoms with Crippen molar-refractivity contribution in [3.05, 3.63) is 27.8 Å². The number of rotatable bonds is 1. The Bertz CT molecular complexity index is 466. The molecule has 16 heavy (non-hydrogen) atoms. The minimum atomic E-state index is -0.500. The van der Waals surface area contributed by atoms with E-state index in [0.29, 0.717) is 5.76 Å². The van der Waals surface area contributed by atoms with Crippen molar-refractivity contribution >= 4 is 11.6 Å². The van der Waals surface area contributed by atoms with Gasteiger partial charge >= 0.3 is 5.63 Å². The minimum Gasteiger partial charge on any atom is -0.426 e. The molecule has 1 rings (SSSR count). The van der Waals surface area contributed by atoms with E-state index in [2.05, 4.69) is 5.32 Å². The standard InChI is InChI=1S/C12H17NO3/c1-7-6-9(12(3,4)5)16-11(15)10(7)13-8(2)14/h6H,1-5H3,(H,13,14). The normalized spacial score (nSPS) is 11.3. The lowest BCUT2D eigenvalue weighted by molar-refractivity contribution is -0.114. The second kappa shape index (κ2) is 4.12. The van der Waals surface area contributed by atoms with Crippen molar-refractivity contribution < 1.29 is 9.21 Å². The summed E-state index contributed by atoms with van der Waals surface area (Å²) in [5.74, 6) is 0.336. The highest BCUT2D eigenvalue weighted by atomic mass is 16.4. The number of carbonyl (C=O) groups is 1. The van der Waals surface area contributed by atoms with Gasteiger partial charge < -0.3 is 9.73 Å². The second-order valence-corrected chi connectivity index (χ2v) is 4.89. The summed E-state index contributed by atoms with van der Waals surface area (Å²) in [5, 5.41) is 2.47. The van der Waals surface area contributed by atoms with Crippen LogP contribution in [0.5, 0.6) is 0 Å². The van der Waals surface area contributed by atoms with E-state index in [-0.39, 0.29) is 17.0 Å². The molecule has 0 aliphatic carbocycles. The maximum atomic E-state index is 11.7. The summed E-state index contributed by atoms with van der Waals surface area (Å²) < 4.78 is 5.18. The van der Waals surface area contributed by atoms with Gasteiger partial charge in [-0.1, -0.05) is 20.8 Å². The minimum absolute atomic E-state index is 0.223. The topological polar surface area (TPSA) is 59.3 Å². The molecule has 0 fully saturated rings. The third-order valence-corrected chi connectivity index (χ3v) is 2.19. The van der Waals surface area contributed by atoms with Crippen molar-refractivity contribution in [2.75, 3.05) is 5.32 Å². The lowest BCUT2D eigenvalue weighted by Crippen LogP contribution is -2.20. The average Bonchev–Trinajstić information content (AvgIpc) is 2.09. The Labute approximate surface area is 94.7 Å². The first-order valence-corrected chi connectivity index (χ1v) is 5.14. The summed E-state index contributed by atoms with van der Waals surface area (Å²) >= 11 is 0. The number of carbonyl (C=O) groups excluding carboxylic acids is 1. The van der Waals surface area contributed by atoms with E-state index < -0.39 is 5.63 Å². The maximum Gasteiger partial charge on any atom is 0.360 e. The third kappa shape index (κ3) is 2.72. The van der Waals surface area contributed by atoms with E-state index >= 15 is 0 Å². The summed E-state index contributed by atoms with van der Waals surface area (Å²) in [6, 6.07) is 1.78. The molecule has 1 N–H and O–H groups in total. The summed E-state index contributed by atoms with van der Waals surface area (Å²) in [7, 11) is 0. The Morgan fingerprint density at radius 1 is 1.38 bits per heavy atom. The van der Waals surface area contributed by atoms with E-state index in [1.54, 1.807) is 13.0 Å². The number of anilines is 1. The average molecular weight is 223 g/mol. The van der Waals surface area contributed by atoms with Crippen molar-refractivity contribution in [3.63, 3.8) is 0 Å². The molecule has 0 radical (unpaired) electrons. The SMILES string of the molecule is CC(=O)Nc1c(C)cc(C(C)(C)C)oc1=O. The molecule has 0 aromatic carbocycles. The van der Waals surface area contributed by atoms with E-state index in [4.69, 9.17) is 4.42 Å². The van der Waals surface area contributed by atoms with Crippen LogP contribution in [-0.4, -0.2) is 5.91 Å². The van der Waals surface area contributed by atoms with Crippen LogP contribution in [0.2, 0.25) is 0 Å². The predicted molar refractivity (Wildman–Crippen MR) is 62.7 cm³/mol. The number of nitrogens with one attached hydrogen (secondary N) is 1. The van der Waals surface area contributed by atoms with Gasteiger partial charge in [0.05, 0.1) is 0 Å². The molecule has 4 heteroatoms. The zero-order valence-electron chi connectivity index (χ0n) is 10.3. The number of hydrogen-bond donors (Lipinski definition) is 1. The van der Waals surface area contributed by atoms with Gasteiger partial charge in [-0.3, -0.25) is 4.79 Å². The van der Waals surface area contributed by atoms with Crippen LogP contribution in [0.25, 0.3) is 0 Å². The van der Waals surface area contributed by atoms with Gasteiger partial charge in [-0.25, -0.2) is 4.79 Å². The molecule has 1 aromatic rings. The first-order chi connectivity index (χ1) is 7.21. The molecule has 0 spiro atoms. The monoisotopic (exact) mass is 223 g/mol. The second-order valence-electron chi connectivity index (χ2n) is 4.89.